The molecule has 0 atom stereocenters. The van der Waals surface area contributed by atoms with E-state index in [0.717, 1.165) is 42.6 Å². The van der Waals surface area contributed by atoms with E-state index in [1.165, 1.54) is 0 Å². The molecule has 0 radical (unpaired) electrons. The SMILES string of the molecule is C=C/C(OC)=C1\C(=C)OC2(C=C1c1ccc(C(=O)N(CC)CC)cc1)CCNCC2. The zero-order valence-corrected chi connectivity index (χ0v) is 18.3. The summed E-state index contributed by atoms with van der Waals surface area (Å²) in [5, 5.41) is 3.39. The Hall–Kier alpha value is -2.79. The molecule has 0 aromatic heterocycles. The summed E-state index contributed by atoms with van der Waals surface area (Å²) in [6.07, 6.45) is 5.62. The first-order valence-corrected chi connectivity index (χ1v) is 10.6. The van der Waals surface area contributed by atoms with Gasteiger partial charge in [0.25, 0.3) is 5.91 Å². The number of carbonyl (C=O) groups excluding carboxylic acids is 1. The maximum absolute atomic E-state index is 12.7. The Morgan fingerprint density at radius 1 is 1.23 bits per heavy atom. The Labute approximate surface area is 179 Å². The van der Waals surface area contributed by atoms with Gasteiger partial charge in [0, 0.05) is 31.5 Å². The molecule has 5 nitrogen and oxygen atoms in total. The van der Waals surface area contributed by atoms with Gasteiger partial charge in [-0.3, -0.25) is 4.79 Å². The van der Waals surface area contributed by atoms with Crippen LogP contribution in [0.4, 0.5) is 0 Å². The number of allylic oxidation sites excluding steroid dienone is 2. The van der Waals surface area contributed by atoms with Crippen LogP contribution in [0.3, 0.4) is 0 Å². The highest BCUT2D eigenvalue weighted by atomic mass is 16.5. The molecule has 0 saturated carbocycles. The first kappa shape index (κ1) is 21.9. The second-order valence-corrected chi connectivity index (χ2v) is 7.60. The van der Waals surface area contributed by atoms with Crippen LogP contribution in [0, 0.1) is 0 Å². The molecule has 2 aliphatic rings. The predicted octanol–water partition coefficient (Wildman–Crippen LogP) is 4.30. The zero-order chi connectivity index (χ0) is 21.7. The Kier molecular flexibility index (Phi) is 6.83. The van der Waals surface area contributed by atoms with E-state index >= 15 is 0 Å². The van der Waals surface area contributed by atoms with Crippen LogP contribution in [0.1, 0.15) is 42.6 Å². The number of methoxy groups -OCH3 is 1. The van der Waals surface area contributed by atoms with Crippen molar-refractivity contribution in [3.63, 3.8) is 0 Å². The fourth-order valence-electron chi connectivity index (χ4n) is 4.18. The lowest BCUT2D eigenvalue weighted by molar-refractivity contribution is 0.0201. The molecule has 3 rings (SSSR count). The molecule has 5 heteroatoms. The molecule has 1 amide bonds. The highest BCUT2D eigenvalue weighted by Gasteiger charge is 2.39. The average molecular weight is 409 g/mol. The van der Waals surface area contributed by atoms with Gasteiger partial charge < -0.3 is 19.7 Å². The largest absolute Gasteiger partial charge is 0.496 e. The number of rotatable bonds is 6. The van der Waals surface area contributed by atoms with Crippen LogP contribution < -0.4 is 5.32 Å². The predicted molar refractivity (Wildman–Crippen MR) is 121 cm³/mol. The normalized spacial score (nSPS) is 19.6. The van der Waals surface area contributed by atoms with E-state index < -0.39 is 0 Å². The summed E-state index contributed by atoms with van der Waals surface area (Å²) in [6.45, 7) is 15.2. The van der Waals surface area contributed by atoms with E-state index in [4.69, 9.17) is 9.47 Å². The van der Waals surface area contributed by atoms with Crippen molar-refractivity contribution in [2.45, 2.75) is 32.3 Å². The van der Waals surface area contributed by atoms with E-state index in [-0.39, 0.29) is 11.5 Å². The van der Waals surface area contributed by atoms with Crippen molar-refractivity contribution < 1.29 is 14.3 Å². The Bertz CT molecular complexity index is 870. The number of ether oxygens (including phenoxy) is 2. The summed E-state index contributed by atoms with van der Waals surface area (Å²) in [6, 6.07) is 7.77. The highest BCUT2D eigenvalue weighted by Crippen LogP contribution is 2.43. The molecule has 30 heavy (non-hydrogen) atoms. The van der Waals surface area contributed by atoms with Gasteiger partial charge in [-0.1, -0.05) is 25.3 Å². The number of piperidine rings is 1. The fraction of sp³-hybridized carbons (Fsp3) is 0.400. The number of benzene rings is 1. The lowest BCUT2D eigenvalue weighted by Crippen LogP contribution is -2.44. The second kappa shape index (κ2) is 9.35. The van der Waals surface area contributed by atoms with Gasteiger partial charge in [-0.2, -0.15) is 0 Å². The van der Waals surface area contributed by atoms with Crippen LogP contribution in [0.2, 0.25) is 0 Å². The van der Waals surface area contributed by atoms with Gasteiger partial charge in [-0.05, 0) is 62.4 Å². The minimum Gasteiger partial charge on any atom is -0.496 e. The van der Waals surface area contributed by atoms with Crippen molar-refractivity contribution in [3.8, 4) is 0 Å². The molecule has 1 saturated heterocycles. The maximum Gasteiger partial charge on any atom is 0.253 e. The first-order chi connectivity index (χ1) is 14.5. The third-order valence-electron chi connectivity index (χ3n) is 5.88. The summed E-state index contributed by atoms with van der Waals surface area (Å²) in [7, 11) is 1.62. The Morgan fingerprint density at radius 2 is 1.87 bits per heavy atom. The van der Waals surface area contributed by atoms with Gasteiger partial charge in [0.15, 0.2) is 0 Å². The van der Waals surface area contributed by atoms with Crippen LogP contribution in [0.25, 0.3) is 5.57 Å². The average Bonchev–Trinajstić information content (AvgIpc) is 2.77. The number of carbonyl (C=O) groups is 1. The smallest absolute Gasteiger partial charge is 0.253 e. The monoisotopic (exact) mass is 408 g/mol. The molecule has 1 spiro atoms. The molecule has 1 aromatic rings. The molecule has 2 heterocycles. The van der Waals surface area contributed by atoms with Gasteiger partial charge >= 0.3 is 0 Å². The van der Waals surface area contributed by atoms with Crippen molar-refractivity contribution in [1.29, 1.82) is 0 Å². The minimum absolute atomic E-state index is 0.0474. The molecule has 1 fully saturated rings. The Balaban J connectivity index is 2.06. The van der Waals surface area contributed by atoms with Crippen molar-refractivity contribution in [3.05, 3.63) is 77.8 Å². The molecule has 2 aliphatic heterocycles. The number of hydrogen-bond acceptors (Lipinski definition) is 4. The first-order valence-electron chi connectivity index (χ1n) is 10.6. The summed E-state index contributed by atoms with van der Waals surface area (Å²) in [5.41, 5.74) is 3.12. The number of nitrogens with one attached hydrogen (secondary N) is 1. The number of hydrogen-bond donors (Lipinski definition) is 1. The van der Waals surface area contributed by atoms with Gasteiger partial charge in [-0.15, -0.1) is 0 Å². The van der Waals surface area contributed by atoms with E-state index in [9.17, 15) is 4.79 Å². The van der Waals surface area contributed by atoms with Crippen LogP contribution in [0.15, 0.2) is 66.7 Å². The molecule has 1 N–H and O–H groups in total. The van der Waals surface area contributed by atoms with Crippen LogP contribution in [-0.2, 0) is 9.47 Å². The van der Waals surface area contributed by atoms with Gasteiger partial charge in [0.2, 0.25) is 0 Å². The lowest BCUT2D eigenvalue weighted by Gasteiger charge is -2.41. The highest BCUT2D eigenvalue weighted by molar-refractivity contribution is 5.95. The van der Waals surface area contributed by atoms with E-state index in [1.807, 2.05) is 43.0 Å². The molecule has 1 aromatic carbocycles. The van der Waals surface area contributed by atoms with E-state index in [2.05, 4.69) is 24.6 Å². The minimum atomic E-state index is -0.378. The quantitative estimate of drug-likeness (QED) is 0.713. The lowest BCUT2D eigenvalue weighted by atomic mass is 9.82. The number of amides is 1. The van der Waals surface area contributed by atoms with Crippen LogP contribution in [-0.4, -0.2) is 49.7 Å². The molecule has 0 bridgehead atoms. The molecular formula is C25H32N2O3. The topological polar surface area (TPSA) is 50.8 Å². The summed E-state index contributed by atoms with van der Waals surface area (Å²) in [4.78, 5) is 14.5. The standard InChI is InChI=1S/C25H32N2O3/c1-6-22(29-5)23-18(4)30-25(13-15-26-16-14-25)17-21(23)19-9-11-20(12-10-19)24(28)27(7-2)8-3/h6,9-12,17,26H,1,4,7-8,13-16H2,2-3,5H3/b23-22-. The maximum atomic E-state index is 12.7. The van der Waals surface area contributed by atoms with Crippen LogP contribution in [0.5, 0.6) is 0 Å². The van der Waals surface area contributed by atoms with Gasteiger partial charge in [0.1, 0.15) is 17.1 Å². The van der Waals surface area contributed by atoms with Gasteiger partial charge in [-0.25, -0.2) is 0 Å². The van der Waals surface area contributed by atoms with Gasteiger partial charge in [0.05, 0.1) is 12.7 Å². The summed E-state index contributed by atoms with van der Waals surface area (Å²) < 4.78 is 11.9. The van der Waals surface area contributed by atoms with Crippen LogP contribution >= 0.6 is 0 Å². The molecule has 0 unspecified atom stereocenters. The molecule has 160 valence electrons. The number of nitrogens with zero attached hydrogens (tertiary/aromatic N) is 1. The van der Waals surface area contributed by atoms with Crippen molar-refractivity contribution >= 4 is 11.5 Å². The van der Waals surface area contributed by atoms with E-state index in [0.29, 0.717) is 30.2 Å². The van der Waals surface area contributed by atoms with Crippen molar-refractivity contribution in [1.82, 2.24) is 10.2 Å². The van der Waals surface area contributed by atoms with Crippen molar-refractivity contribution in [2.24, 2.45) is 0 Å². The van der Waals surface area contributed by atoms with Crippen molar-refractivity contribution in [2.75, 3.05) is 33.3 Å². The Morgan fingerprint density at radius 3 is 2.40 bits per heavy atom. The third kappa shape index (κ3) is 4.21. The molecular weight excluding hydrogens is 376 g/mol. The zero-order valence-electron chi connectivity index (χ0n) is 18.3. The fourth-order valence-corrected chi connectivity index (χ4v) is 4.18. The summed E-state index contributed by atoms with van der Waals surface area (Å²) in [5.74, 6) is 1.26. The van der Waals surface area contributed by atoms with E-state index in [1.54, 1.807) is 13.2 Å². The summed E-state index contributed by atoms with van der Waals surface area (Å²) >= 11 is 0. The second-order valence-electron chi connectivity index (χ2n) is 7.60. The molecule has 0 aliphatic carbocycles. The third-order valence-corrected chi connectivity index (χ3v) is 5.88.